The van der Waals surface area contributed by atoms with Crippen LogP contribution in [0, 0.1) is 13.8 Å². The largest absolute Gasteiger partial charge is 0.368 e. The number of nitrogens with zero attached hydrogens (tertiary/aromatic N) is 3. The minimum Gasteiger partial charge on any atom is -0.368 e. The Morgan fingerprint density at radius 2 is 2.17 bits per heavy atom. The lowest BCUT2D eigenvalue weighted by Crippen LogP contribution is -2.35. The summed E-state index contributed by atoms with van der Waals surface area (Å²) < 4.78 is 1.09. The minimum atomic E-state index is -0.742. The Bertz CT molecular complexity index is 673. The van der Waals surface area contributed by atoms with Crippen molar-refractivity contribution in [3.63, 3.8) is 0 Å². The maximum atomic E-state index is 12.3. The van der Waals surface area contributed by atoms with Crippen LogP contribution in [0.4, 0.5) is 0 Å². The number of carbonyl (C=O) groups excluding carboxylic acids is 1. The van der Waals surface area contributed by atoms with Gasteiger partial charge in [-0.15, -0.1) is 16.4 Å². The molecule has 0 saturated carbocycles. The van der Waals surface area contributed by atoms with Crippen molar-refractivity contribution < 1.29 is 4.79 Å². The van der Waals surface area contributed by atoms with Crippen molar-refractivity contribution >= 4 is 27.5 Å². The van der Waals surface area contributed by atoms with Crippen molar-refractivity contribution in [2.24, 2.45) is 5.73 Å². The number of aryl methyl sites for hydroxylation is 2. The van der Waals surface area contributed by atoms with E-state index in [4.69, 9.17) is 5.73 Å². The van der Waals surface area contributed by atoms with Gasteiger partial charge in [-0.05, 0) is 25.8 Å². The zero-order valence-electron chi connectivity index (χ0n) is 10.4. The summed E-state index contributed by atoms with van der Waals surface area (Å²) in [5.74, 6) is -0.571. The van der Waals surface area contributed by atoms with Crippen molar-refractivity contribution in [2.75, 3.05) is 0 Å². The van der Waals surface area contributed by atoms with E-state index in [1.165, 1.54) is 11.3 Å². The molecule has 0 fully saturated rings. The highest BCUT2D eigenvalue weighted by Crippen LogP contribution is 2.25. The molecule has 2 rings (SSSR count). The fraction of sp³-hybridized carbons (Fsp3) is 0.455. The van der Waals surface area contributed by atoms with Crippen LogP contribution in [0.2, 0.25) is 0 Å². The summed E-state index contributed by atoms with van der Waals surface area (Å²) in [6, 6.07) is -0.742. The van der Waals surface area contributed by atoms with Gasteiger partial charge in [0.15, 0.2) is 4.83 Å². The highest BCUT2D eigenvalue weighted by Gasteiger charge is 2.21. The Kier molecular flexibility index (Phi) is 3.16. The lowest BCUT2D eigenvalue weighted by Gasteiger charge is -2.11. The molecule has 18 heavy (non-hydrogen) atoms. The molecule has 96 valence electrons. The molecule has 0 spiro atoms. The number of rotatable bonds is 3. The fourth-order valence-electron chi connectivity index (χ4n) is 1.87. The Morgan fingerprint density at radius 3 is 2.72 bits per heavy atom. The normalized spacial score (nSPS) is 12.8. The molecule has 2 heterocycles. The van der Waals surface area contributed by atoms with Crippen LogP contribution in [0.15, 0.2) is 4.79 Å². The Hall–Kier alpha value is -1.76. The summed E-state index contributed by atoms with van der Waals surface area (Å²) in [5.41, 5.74) is 5.86. The summed E-state index contributed by atoms with van der Waals surface area (Å²) in [5, 5.41) is 8.35. The second-order valence-corrected chi connectivity index (χ2v) is 5.33. The molecule has 6 nitrogen and oxygen atoms in total. The van der Waals surface area contributed by atoms with E-state index in [1.54, 1.807) is 6.92 Å². The first kappa shape index (κ1) is 12.7. The molecule has 0 aliphatic carbocycles. The van der Waals surface area contributed by atoms with E-state index >= 15 is 0 Å². The van der Waals surface area contributed by atoms with Gasteiger partial charge in [-0.3, -0.25) is 9.59 Å². The average Bonchev–Trinajstić information content (AvgIpc) is 2.59. The number of nitrogens with two attached hydrogens (primary N) is 1. The van der Waals surface area contributed by atoms with Gasteiger partial charge < -0.3 is 5.73 Å². The molecule has 0 radical (unpaired) electrons. The number of carbonyl (C=O) groups is 1. The van der Waals surface area contributed by atoms with Gasteiger partial charge in [-0.2, -0.15) is 4.68 Å². The van der Waals surface area contributed by atoms with E-state index < -0.39 is 11.9 Å². The summed E-state index contributed by atoms with van der Waals surface area (Å²) in [6.45, 7) is 5.57. The first-order valence-electron chi connectivity index (χ1n) is 5.61. The van der Waals surface area contributed by atoms with E-state index in [9.17, 15) is 9.59 Å². The molecule has 0 aromatic carbocycles. The van der Waals surface area contributed by atoms with E-state index in [-0.39, 0.29) is 5.56 Å². The number of hydrogen-bond donors (Lipinski definition) is 1. The quantitative estimate of drug-likeness (QED) is 0.893. The third kappa shape index (κ3) is 1.80. The monoisotopic (exact) mass is 266 g/mol. The van der Waals surface area contributed by atoms with Crippen LogP contribution in [-0.2, 0) is 4.79 Å². The molecule has 2 aromatic rings. The molecule has 2 N–H and O–H groups in total. The molecule has 1 unspecified atom stereocenters. The van der Waals surface area contributed by atoms with Gasteiger partial charge in [-0.1, -0.05) is 12.1 Å². The third-order valence-corrected chi connectivity index (χ3v) is 4.12. The Balaban J connectivity index is 2.75. The molecule has 2 aromatic heterocycles. The summed E-state index contributed by atoms with van der Waals surface area (Å²) >= 11 is 1.43. The highest BCUT2D eigenvalue weighted by molar-refractivity contribution is 7.18. The van der Waals surface area contributed by atoms with E-state index in [0.717, 1.165) is 15.1 Å². The van der Waals surface area contributed by atoms with E-state index in [0.29, 0.717) is 16.6 Å². The van der Waals surface area contributed by atoms with Gasteiger partial charge in [0, 0.05) is 4.88 Å². The fourth-order valence-corrected chi connectivity index (χ4v) is 2.84. The van der Waals surface area contributed by atoms with Crippen LogP contribution in [-0.4, -0.2) is 20.9 Å². The summed E-state index contributed by atoms with van der Waals surface area (Å²) in [7, 11) is 0. The maximum absolute atomic E-state index is 12.3. The number of fused-ring (bicyclic) bond motifs is 1. The number of hydrogen-bond acceptors (Lipinski definition) is 5. The summed E-state index contributed by atoms with van der Waals surface area (Å²) in [4.78, 5) is 25.3. The number of thiophene rings is 1. The standard InChI is InChI=1S/C11H14N4O2S/c1-4-7(9(12)16)15-11(17)8-5(2)6(3)18-10(8)13-14-15/h7H,4H2,1-3H3,(H2,12,16). The second kappa shape index (κ2) is 4.49. The van der Waals surface area contributed by atoms with E-state index in [1.807, 2.05) is 13.8 Å². The van der Waals surface area contributed by atoms with Crippen molar-refractivity contribution in [1.29, 1.82) is 0 Å². The van der Waals surface area contributed by atoms with Gasteiger partial charge >= 0.3 is 0 Å². The number of aromatic nitrogens is 3. The second-order valence-electron chi connectivity index (χ2n) is 4.13. The van der Waals surface area contributed by atoms with Crippen molar-refractivity contribution in [3.05, 3.63) is 20.8 Å². The molecular formula is C11H14N4O2S. The highest BCUT2D eigenvalue weighted by atomic mass is 32.1. The molecule has 0 saturated heterocycles. The molecule has 1 amide bonds. The topological polar surface area (TPSA) is 90.9 Å². The maximum Gasteiger partial charge on any atom is 0.279 e. The SMILES string of the molecule is CCC(C(N)=O)n1nnc2sc(C)c(C)c2c1=O. The predicted molar refractivity (Wildman–Crippen MR) is 69.7 cm³/mol. The minimum absolute atomic E-state index is 0.299. The van der Waals surface area contributed by atoms with E-state index in [2.05, 4.69) is 10.3 Å². The van der Waals surface area contributed by atoms with Gasteiger partial charge in [-0.25, -0.2) is 0 Å². The van der Waals surface area contributed by atoms with Crippen LogP contribution in [0.25, 0.3) is 10.2 Å². The third-order valence-electron chi connectivity index (χ3n) is 3.03. The number of amides is 1. The zero-order chi connectivity index (χ0) is 13.4. The van der Waals surface area contributed by atoms with Crippen LogP contribution in [0.1, 0.15) is 29.8 Å². The van der Waals surface area contributed by atoms with Crippen molar-refractivity contribution in [3.8, 4) is 0 Å². The molecule has 7 heteroatoms. The molecule has 0 aliphatic heterocycles. The molecule has 0 bridgehead atoms. The molecular weight excluding hydrogens is 252 g/mol. The van der Waals surface area contributed by atoms with Gasteiger partial charge in [0.1, 0.15) is 6.04 Å². The zero-order valence-corrected chi connectivity index (χ0v) is 11.2. The van der Waals surface area contributed by atoms with Crippen molar-refractivity contribution in [1.82, 2.24) is 15.0 Å². The average molecular weight is 266 g/mol. The van der Waals surface area contributed by atoms with Gasteiger partial charge in [0.25, 0.3) is 5.56 Å². The van der Waals surface area contributed by atoms with Gasteiger partial charge in [0.2, 0.25) is 5.91 Å². The van der Waals surface area contributed by atoms with Crippen LogP contribution < -0.4 is 11.3 Å². The molecule has 0 aliphatic rings. The lowest BCUT2D eigenvalue weighted by molar-refractivity contribution is -0.121. The Morgan fingerprint density at radius 1 is 1.50 bits per heavy atom. The van der Waals surface area contributed by atoms with Crippen LogP contribution in [0.5, 0.6) is 0 Å². The smallest absolute Gasteiger partial charge is 0.279 e. The first-order valence-corrected chi connectivity index (χ1v) is 6.43. The van der Waals surface area contributed by atoms with Crippen molar-refractivity contribution in [2.45, 2.75) is 33.2 Å². The first-order chi connectivity index (χ1) is 8.47. The Labute approximate surface area is 107 Å². The summed E-state index contributed by atoms with van der Waals surface area (Å²) in [6.07, 6.45) is 0.414. The molecule has 1 atom stereocenters. The van der Waals surface area contributed by atoms with Gasteiger partial charge in [0.05, 0.1) is 5.39 Å². The van der Waals surface area contributed by atoms with Crippen LogP contribution in [0.3, 0.4) is 0 Å². The lowest BCUT2D eigenvalue weighted by atomic mass is 10.2. The predicted octanol–water partition coefficient (Wildman–Crippen LogP) is 0.906. The van der Waals surface area contributed by atoms with Crippen LogP contribution >= 0.6 is 11.3 Å². The number of primary amides is 1.